The zero-order valence-corrected chi connectivity index (χ0v) is 8.71. The topological polar surface area (TPSA) is 87.1 Å². The van der Waals surface area contributed by atoms with Crippen molar-refractivity contribution in [2.24, 2.45) is 0 Å². The van der Waals surface area contributed by atoms with Crippen LogP contribution in [0.3, 0.4) is 0 Å². The van der Waals surface area contributed by atoms with Crippen molar-refractivity contribution < 1.29 is 24.5 Å². The van der Waals surface area contributed by atoms with Gasteiger partial charge < -0.3 is 14.9 Å². The summed E-state index contributed by atoms with van der Waals surface area (Å²) in [5.74, 6) is -1.26. The molecule has 6 nitrogen and oxygen atoms in total. The summed E-state index contributed by atoms with van der Waals surface area (Å²) in [6, 6.07) is 0. The van der Waals surface area contributed by atoms with E-state index < -0.39 is 31.4 Å². The van der Waals surface area contributed by atoms with Crippen LogP contribution in [0.1, 0.15) is 13.8 Å². The van der Waals surface area contributed by atoms with E-state index in [4.69, 9.17) is 5.11 Å². The van der Waals surface area contributed by atoms with Crippen molar-refractivity contribution in [3.63, 3.8) is 0 Å². The number of allylic oxidation sites excluding steroid dienone is 1. The highest BCUT2D eigenvalue weighted by Gasteiger charge is 2.19. The van der Waals surface area contributed by atoms with Crippen molar-refractivity contribution in [1.82, 2.24) is 4.90 Å². The Morgan fingerprint density at radius 2 is 2.13 bits per heavy atom. The van der Waals surface area contributed by atoms with Gasteiger partial charge in [-0.25, -0.2) is 0 Å². The van der Waals surface area contributed by atoms with E-state index in [1.807, 2.05) is 0 Å². The summed E-state index contributed by atoms with van der Waals surface area (Å²) in [6.07, 6.45) is 1.64. The number of amides is 1. The monoisotopic (exact) mass is 217 g/mol. The number of aliphatic hydroxyl groups is 2. The fourth-order valence-electron chi connectivity index (χ4n) is 0.832. The quantitative estimate of drug-likeness (QED) is 0.358. The predicted octanol–water partition coefficient (Wildman–Crippen LogP) is -0.778. The minimum absolute atomic E-state index is 0.496. The minimum Gasteiger partial charge on any atom is -0.456 e. The normalized spacial score (nSPS) is 12.5. The summed E-state index contributed by atoms with van der Waals surface area (Å²) in [7, 11) is 0. The summed E-state index contributed by atoms with van der Waals surface area (Å²) in [5, 5.41) is 18.2. The second kappa shape index (κ2) is 6.97. The summed E-state index contributed by atoms with van der Waals surface area (Å²) >= 11 is 0. The van der Waals surface area contributed by atoms with Gasteiger partial charge in [0.25, 0.3) is 5.91 Å². The molecular weight excluding hydrogens is 202 g/mol. The van der Waals surface area contributed by atoms with Crippen LogP contribution in [0, 0.1) is 0 Å². The Morgan fingerprint density at radius 1 is 1.53 bits per heavy atom. The van der Waals surface area contributed by atoms with Crippen LogP contribution in [0.15, 0.2) is 12.2 Å². The summed E-state index contributed by atoms with van der Waals surface area (Å²) < 4.78 is 4.44. The Bertz CT molecular complexity index is 251. The maximum absolute atomic E-state index is 11.3. The third kappa shape index (κ3) is 5.14. The van der Waals surface area contributed by atoms with Gasteiger partial charge in [-0.05, 0) is 13.0 Å². The molecule has 1 unspecified atom stereocenters. The molecule has 0 bridgehead atoms. The number of nitrogens with zero attached hydrogens (tertiary/aromatic N) is 1. The molecule has 0 aliphatic rings. The molecule has 6 heteroatoms. The highest BCUT2D eigenvalue weighted by molar-refractivity contribution is 5.80. The van der Waals surface area contributed by atoms with Crippen LogP contribution in [0.25, 0.3) is 0 Å². The molecule has 2 N–H and O–H groups in total. The maximum atomic E-state index is 11.3. The van der Waals surface area contributed by atoms with E-state index in [0.717, 1.165) is 4.90 Å². The van der Waals surface area contributed by atoms with Crippen LogP contribution in [-0.4, -0.2) is 46.6 Å². The molecule has 1 amide bonds. The second-order valence-corrected chi connectivity index (χ2v) is 2.72. The van der Waals surface area contributed by atoms with E-state index in [0.29, 0.717) is 0 Å². The Morgan fingerprint density at radius 3 is 2.53 bits per heavy atom. The molecule has 0 aromatic heterocycles. The Hall–Kier alpha value is -1.40. The lowest BCUT2D eigenvalue weighted by Crippen LogP contribution is -2.42. The van der Waals surface area contributed by atoms with Gasteiger partial charge in [0.05, 0.1) is 0 Å². The smallest absolute Gasteiger partial charge is 0.303 e. The van der Waals surface area contributed by atoms with Gasteiger partial charge >= 0.3 is 5.97 Å². The molecule has 0 heterocycles. The van der Waals surface area contributed by atoms with Crippen LogP contribution in [0.4, 0.5) is 0 Å². The first-order valence-corrected chi connectivity index (χ1v) is 4.37. The highest BCUT2D eigenvalue weighted by atomic mass is 16.5. The van der Waals surface area contributed by atoms with Gasteiger partial charge in [-0.15, -0.1) is 0 Å². The van der Waals surface area contributed by atoms with Crippen LogP contribution in [0.2, 0.25) is 0 Å². The highest BCUT2D eigenvalue weighted by Crippen LogP contribution is 1.98. The number of carbonyl (C=O) groups is 2. The van der Waals surface area contributed by atoms with Gasteiger partial charge in [0.1, 0.15) is 6.73 Å². The third-order valence-electron chi connectivity index (χ3n) is 1.56. The van der Waals surface area contributed by atoms with Gasteiger partial charge in [-0.3, -0.25) is 14.5 Å². The zero-order valence-electron chi connectivity index (χ0n) is 8.71. The van der Waals surface area contributed by atoms with Crippen molar-refractivity contribution in [2.45, 2.75) is 20.1 Å². The van der Waals surface area contributed by atoms with E-state index in [1.54, 1.807) is 6.92 Å². The molecular formula is C9H15NO5. The summed E-state index contributed by atoms with van der Waals surface area (Å²) in [4.78, 5) is 22.5. The van der Waals surface area contributed by atoms with Crippen LogP contribution in [0.5, 0.6) is 0 Å². The molecule has 0 saturated heterocycles. The molecule has 15 heavy (non-hydrogen) atoms. The van der Waals surface area contributed by atoms with Gasteiger partial charge in [0, 0.05) is 6.92 Å². The van der Waals surface area contributed by atoms with Gasteiger partial charge in [-0.2, -0.15) is 0 Å². The largest absolute Gasteiger partial charge is 0.456 e. The summed E-state index contributed by atoms with van der Waals surface area (Å²) in [5.41, 5.74) is 0. The number of ether oxygens (including phenoxy) is 1. The van der Waals surface area contributed by atoms with Crippen molar-refractivity contribution in [1.29, 1.82) is 0 Å². The van der Waals surface area contributed by atoms with Gasteiger partial charge in [-0.1, -0.05) is 6.08 Å². The number of esters is 1. The molecule has 0 rings (SSSR count). The molecule has 0 aliphatic carbocycles. The van der Waals surface area contributed by atoms with Gasteiger partial charge in [0.15, 0.2) is 12.8 Å². The zero-order chi connectivity index (χ0) is 11.8. The SMILES string of the molecule is C/C=C/C(O)N(CO)C(=O)COC(C)=O. The Balaban J connectivity index is 4.27. The predicted molar refractivity (Wildman–Crippen MR) is 51.4 cm³/mol. The summed E-state index contributed by atoms with van der Waals surface area (Å²) in [6.45, 7) is 1.68. The molecule has 0 aromatic rings. The first-order chi connectivity index (χ1) is 7.02. The molecule has 0 saturated carbocycles. The van der Waals surface area contributed by atoms with Crippen LogP contribution in [-0.2, 0) is 14.3 Å². The van der Waals surface area contributed by atoms with Crippen LogP contribution >= 0.6 is 0 Å². The second-order valence-electron chi connectivity index (χ2n) is 2.72. The third-order valence-corrected chi connectivity index (χ3v) is 1.56. The Labute approximate surface area is 87.8 Å². The number of hydrogen-bond donors (Lipinski definition) is 2. The Kier molecular flexibility index (Phi) is 6.32. The van der Waals surface area contributed by atoms with E-state index in [9.17, 15) is 14.7 Å². The average Bonchev–Trinajstić information content (AvgIpc) is 2.16. The van der Waals surface area contributed by atoms with Crippen molar-refractivity contribution >= 4 is 11.9 Å². The lowest BCUT2D eigenvalue weighted by atomic mass is 10.4. The van der Waals surface area contributed by atoms with E-state index in [2.05, 4.69) is 4.74 Å². The number of carbonyl (C=O) groups excluding carboxylic acids is 2. The van der Waals surface area contributed by atoms with Crippen molar-refractivity contribution in [3.8, 4) is 0 Å². The standard InChI is InChI=1S/C9H15NO5/c1-3-4-8(13)10(6-11)9(14)5-15-7(2)12/h3-4,8,11,13H,5-6H2,1-2H3/b4-3+. The number of aliphatic hydroxyl groups excluding tert-OH is 2. The number of hydrogen-bond acceptors (Lipinski definition) is 5. The van der Waals surface area contributed by atoms with E-state index in [-0.39, 0.29) is 0 Å². The lowest BCUT2D eigenvalue weighted by molar-refractivity contribution is -0.157. The van der Waals surface area contributed by atoms with E-state index >= 15 is 0 Å². The fourth-order valence-corrected chi connectivity index (χ4v) is 0.832. The van der Waals surface area contributed by atoms with E-state index in [1.165, 1.54) is 19.1 Å². The van der Waals surface area contributed by atoms with Crippen LogP contribution < -0.4 is 0 Å². The fraction of sp³-hybridized carbons (Fsp3) is 0.556. The minimum atomic E-state index is -1.22. The molecule has 0 radical (unpaired) electrons. The molecule has 1 atom stereocenters. The lowest BCUT2D eigenvalue weighted by Gasteiger charge is -2.23. The number of rotatable bonds is 5. The average molecular weight is 217 g/mol. The first-order valence-electron chi connectivity index (χ1n) is 4.37. The molecule has 0 spiro atoms. The molecule has 0 aromatic carbocycles. The first kappa shape index (κ1) is 13.6. The van der Waals surface area contributed by atoms with Crippen molar-refractivity contribution in [2.75, 3.05) is 13.3 Å². The van der Waals surface area contributed by atoms with Gasteiger partial charge in [0.2, 0.25) is 0 Å². The van der Waals surface area contributed by atoms with Crippen molar-refractivity contribution in [3.05, 3.63) is 12.2 Å². The molecule has 0 aliphatic heterocycles. The molecule has 0 fully saturated rings. The maximum Gasteiger partial charge on any atom is 0.303 e. The molecule has 86 valence electrons.